The summed E-state index contributed by atoms with van der Waals surface area (Å²) in [5.74, 6) is 0.414. The highest BCUT2D eigenvalue weighted by atomic mass is 16.6. The van der Waals surface area contributed by atoms with Crippen LogP contribution in [0, 0.1) is 10.1 Å². The van der Waals surface area contributed by atoms with Crippen molar-refractivity contribution in [1.29, 1.82) is 0 Å². The molecule has 7 nitrogen and oxygen atoms in total. The molecule has 0 N–H and O–H groups in total. The van der Waals surface area contributed by atoms with Crippen molar-refractivity contribution >= 4 is 17.2 Å². The molecule has 3 rings (SSSR count). The predicted molar refractivity (Wildman–Crippen MR) is 106 cm³/mol. The second-order valence-corrected chi connectivity index (χ2v) is 6.91. The van der Waals surface area contributed by atoms with E-state index in [4.69, 9.17) is 9.47 Å². The second-order valence-electron chi connectivity index (χ2n) is 6.91. The van der Waals surface area contributed by atoms with E-state index in [9.17, 15) is 14.9 Å². The van der Waals surface area contributed by atoms with Crippen molar-refractivity contribution in [3.05, 3.63) is 63.7 Å². The van der Waals surface area contributed by atoms with Crippen LogP contribution < -0.4 is 9.64 Å². The lowest BCUT2D eigenvalue weighted by Gasteiger charge is -2.36. The topological polar surface area (TPSA) is 81.9 Å². The van der Waals surface area contributed by atoms with Crippen molar-refractivity contribution in [1.82, 2.24) is 0 Å². The monoisotopic (exact) mass is 384 g/mol. The van der Waals surface area contributed by atoms with Crippen LogP contribution in [0.3, 0.4) is 0 Å². The van der Waals surface area contributed by atoms with Gasteiger partial charge in [0.25, 0.3) is 5.69 Å². The first-order valence-corrected chi connectivity index (χ1v) is 9.35. The van der Waals surface area contributed by atoms with Crippen LogP contribution in [0.5, 0.6) is 5.75 Å². The van der Waals surface area contributed by atoms with Gasteiger partial charge in [0.05, 0.1) is 23.7 Å². The summed E-state index contributed by atoms with van der Waals surface area (Å²) in [7, 11) is 0. The van der Waals surface area contributed by atoms with E-state index in [2.05, 4.69) is 0 Å². The van der Waals surface area contributed by atoms with Crippen molar-refractivity contribution in [2.24, 2.45) is 0 Å². The number of carbonyl (C=O) groups is 1. The van der Waals surface area contributed by atoms with E-state index >= 15 is 0 Å². The Morgan fingerprint density at radius 2 is 1.75 bits per heavy atom. The van der Waals surface area contributed by atoms with Crippen LogP contribution in [0.2, 0.25) is 0 Å². The summed E-state index contributed by atoms with van der Waals surface area (Å²) in [6.45, 7) is 7.45. The molecule has 0 spiro atoms. The zero-order chi connectivity index (χ0) is 20.3. The molecule has 2 atom stereocenters. The molecule has 0 aliphatic carbocycles. The van der Waals surface area contributed by atoms with E-state index in [0.29, 0.717) is 36.7 Å². The van der Waals surface area contributed by atoms with Gasteiger partial charge in [-0.1, -0.05) is 0 Å². The third-order valence-corrected chi connectivity index (χ3v) is 4.62. The first kappa shape index (κ1) is 19.8. The van der Waals surface area contributed by atoms with Gasteiger partial charge in [-0.25, -0.2) is 0 Å². The van der Waals surface area contributed by atoms with Gasteiger partial charge in [-0.2, -0.15) is 0 Å². The van der Waals surface area contributed by atoms with E-state index in [1.54, 1.807) is 36.4 Å². The molecule has 1 aliphatic heterocycles. The van der Waals surface area contributed by atoms with Crippen LogP contribution in [0.15, 0.2) is 42.5 Å². The van der Waals surface area contributed by atoms with Gasteiger partial charge in [-0.05, 0) is 57.2 Å². The fraction of sp³-hybridized carbons (Fsp3) is 0.381. The zero-order valence-corrected chi connectivity index (χ0v) is 16.3. The molecule has 1 fully saturated rings. The maximum Gasteiger partial charge on any atom is 0.293 e. The Morgan fingerprint density at radius 3 is 2.32 bits per heavy atom. The quantitative estimate of drug-likeness (QED) is 0.428. The van der Waals surface area contributed by atoms with Crippen LogP contribution in [0.1, 0.15) is 36.7 Å². The summed E-state index contributed by atoms with van der Waals surface area (Å²) in [4.78, 5) is 26.0. The van der Waals surface area contributed by atoms with Crippen molar-refractivity contribution in [2.45, 2.75) is 33.0 Å². The van der Waals surface area contributed by atoms with Gasteiger partial charge in [0.2, 0.25) is 0 Å². The summed E-state index contributed by atoms with van der Waals surface area (Å²) in [6, 6.07) is 11.4. The third-order valence-electron chi connectivity index (χ3n) is 4.62. The van der Waals surface area contributed by atoms with Crippen molar-refractivity contribution in [3.63, 3.8) is 0 Å². The van der Waals surface area contributed by atoms with Gasteiger partial charge in [-0.3, -0.25) is 14.9 Å². The van der Waals surface area contributed by atoms with E-state index in [1.165, 1.54) is 6.07 Å². The standard InChI is InChI=1S/C21H24N2O5/c1-4-27-18-8-5-16(6-9-18)21(24)17-7-10-19(20(11-17)23(25)26)22-12-14(2)28-15(3)13-22/h5-11,14-15H,4,12-13H2,1-3H3/t14-,15-/m0/s1. The van der Waals surface area contributed by atoms with E-state index in [-0.39, 0.29) is 29.2 Å². The Labute approximate surface area is 164 Å². The lowest BCUT2D eigenvalue weighted by atomic mass is 10.0. The summed E-state index contributed by atoms with van der Waals surface area (Å²) < 4.78 is 11.1. The molecule has 0 amide bonds. The van der Waals surface area contributed by atoms with E-state index < -0.39 is 4.92 Å². The van der Waals surface area contributed by atoms with E-state index in [1.807, 2.05) is 25.7 Å². The normalized spacial score (nSPS) is 19.3. The van der Waals surface area contributed by atoms with Crippen molar-refractivity contribution < 1.29 is 19.2 Å². The Balaban J connectivity index is 1.90. The smallest absolute Gasteiger partial charge is 0.293 e. The fourth-order valence-corrected chi connectivity index (χ4v) is 3.49. The molecule has 0 aromatic heterocycles. The highest BCUT2D eigenvalue weighted by molar-refractivity contribution is 6.09. The number of nitrogens with zero attached hydrogens (tertiary/aromatic N) is 2. The molecular weight excluding hydrogens is 360 g/mol. The first-order valence-electron chi connectivity index (χ1n) is 9.35. The molecule has 1 saturated heterocycles. The number of hydrogen-bond donors (Lipinski definition) is 0. The maximum atomic E-state index is 12.8. The molecule has 0 unspecified atom stereocenters. The van der Waals surface area contributed by atoms with Crippen LogP contribution in [-0.2, 0) is 4.74 Å². The molecule has 28 heavy (non-hydrogen) atoms. The summed E-state index contributed by atoms with van der Waals surface area (Å²) in [5.41, 5.74) is 1.18. The Morgan fingerprint density at radius 1 is 1.14 bits per heavy atom. The molecule has 1 heterocycles. The molecule has 7 heteroatoms. The number of rotatable bonds is 6. The number of benzene rings is 2. The van der Waals surface area contributed by atoms with Gasteiger partial charge in [0.15, 0.2) is 5.78 Å². The molecule has 2 aromatic carbocycles. The highest BCUT2D eigenvalue weighted by Crippen LogP contribution is 2.32. The third kappa shape index (κ3) is 4.31. The number of ketones is 1. The van der Waals surface area contributed by atoms with Gasteiger partial charge in [-0.15, -0.1) is 0 Å². The minimum absolute atomic E-state index is 0.0199. The molecule has 0 radical (unpaired) electrons. The van der Waals surface area contributed by atoms with Crippen molar-refractivity contribution in [2.75, 3.05) is 24.6 Å². The molecule has 2 aromatic rings. The van der Waals surface area contributed by atoms with Crippen molar-refractivity contribution in [3.8, 4) is 5.75 Å². The minimum Gasteiger partial charge on any atom is -0.494 e. The number of anilines is 1. The van der Waals surface area contributed by atoms with Gasteiger partial charge in [0, 0.05) is 30.3 Å². The summed E-state index contributed by atoms with van der Waals surface area (Å²) >= 11 is 0. The molecular formula is C21H24N2O5. The number of nitro benzene ring substituents is 1. The van der Waals surface area contributed by atoms with Crippen LogP contribution in [0.25, 0.3) is 0 Å². The Kier molecular flexibility index (Phi) is 5.94. The van der Waals surface area contributed by atoms with Gasteiger partial charge < -0.3 is 14.4 Å². The highest BCUT2D eigenvalue weighted by Gasteiger charge is 2.28. The second kappa shape index (κ2) is 8.39. The Bertz CT molecular complexity index is 856. The zero-order valence-electron chi connectivity index (χ0n) is 16.3. The largest absolute Gasteiger partial charge is 0.494 e. The number of carbonyl (C=O) groups excluding carboxylic acids is 1. The lowest BCUT2D eigenvalue weighted by molar-refractivity contribution is -0.384. The lowest BCUT2D eigenvalue weighted by Crippen LogP contribution is -2.45. The van der Waals surface area contributed by atoms with Gasteiger partial charge >= 0.3 is 0 Å². The SMILES string of the molecule is CCOc1ccc(C(=O)c2ccc(N3C[C@H](C)O[C@@H](C)C3)c([N+](=O)[O-])c2)cc1. The van der Waals surface area contributed by atoms with Crippen LogP contribution in [-0.4, -0.2) is 42.6 Å². The average Bonchev–Trinajstić information content (AvgIpc) is 2.67. The number of hydrogen-bond acceptors (Lipinski definition) is 6. The summed E-state index contributed by atoms with van der Waals surface area (Å²) in [5, 5.41) is 11.7. The molecule has 0 bridgehead atoms. The fourth-order valence-electron chi connectivity index (χ4n) is 3.49. The maximum absolute atomic E-state index is 12.8. The van der Waals surface area contributed by atoms with E-state index in [0.717, 1.165) is 0 Å². The number of nitro groups is 1. The minimum atomic E-state index is -0.435. The first-order chi connectivity index (χ1) is 13.4. The Hall–Kier alpha value is -2.93. The molecule has 148 valence electrons. The summed E-state index contributed by atoms with van der Waals surface area (Å²) in [6.07, 6.45) is -0.0398. The average molecular weight is 384 g/mol. The molecule has 1 aliphatic rings. The van der Waals surface area contributed by atoms with Crippen LogP contribution in [0.4, 0.5) is 11.4 Å². The number of ether oxygens (including phenoxy) is 2. The van der Waals surface area contributed by atoms with Gasteiger partial charge in [0.1, 0.15) is 11.4 Å². The predicted octanol–water partition coefficient (Wildman–Crippen LogP) is 3.84. The molecule has 0 saturated carbocycles. The van der Waals surface area contributed by atoms with Crippen LogP contribution >= 0.6 is 0 Å². The number of morpholine rings is 1.